The Kier molecular flexibility index (Phi) is 2.10. The molecule has 3 nitrogen and oxygen atoms in total. The molecule has 4 heteroatoms. The Balaban J connectivity index is 2.43. The van der Waals surface area contributed by atoms with Gasteiger partial charge in [0, 0.05) is 5.02 Å². The van der Waals surface area contributed by atoms with E-state index in [2.05, 4.69) is 4.99 Å². The van der Waals surface area contributed by atoms with Gasteiger partial charge in [0.2, 0.25) is 5.90 Å². The van der Waals surface area contributed by atoms with Gasteiger partial charge in [-0.25, -0.2) is 4.99 Å². The van der Waals surface area contributed by atoms with E-state index in [4.69, 9.17) is 16.3 Å². The maximum atomic E-state index is 9.48. The standard InChI is InChI=1S/C9H8ClNO2/c10-6-1-2-8(12)7(5-6)9-11-3-4-13-9/h1-2,5,12H,3-4H2. The molecule has 0 bridgehead atoms. The summed E-state index contributed by atoms with van der Waals surface area (Å²) in [6, 6.07) is 4.79. The Labute approximate surface area is 80.6 Å². The second-order valence-electron chi connectivity index (χ2n) is 2.70. The van der Waals surface area contributed by atoms with E-state index in [1.54, 1.807) is 12.1 Å². The van der Waals surface area contributed by atoms with Gasteiger partial charge in [0.15, 0.2) is 0 Å². The largest absolute Gasteiger partial charge is 0.507 e. The van der Waals surface area contributed by atoms with Crippen LogP contribution in [-0.4, -0.2) is 24.2 Å². The Hall–Kier alpha value is -1.22. The van der Waals surface area contributed by atoms with E-state index < -0.39 is 0 Å². The minimum absolute atomic E-state index is 0.144. The molecule has 0 atom stereocenters. The van der Waals surface area contributed by atoms with Crippen molar-refractivity contribution in [3.8, 4) is 5.75 Å². The maximum Gasteiger partial charge on any atom is 0.220 e. The van der Waals surface area contributed by atoms with Gasteiger partial charge < -0.3 is 9.84 Å². The van der Waals surface area contributed by atoms with Gasteiger partial charge in [-0.05, 0) is 18.2 Å². The summed E-state index contributed by atoms with van der Waals surface area (Å²) < 4.78 is 5.21. The highest BCUT2D eigenvalue weighted by Gasteiger charge is 2.14. The summed E-state index contributed by atoms with van der Waals surface area (Å²) in [5.74, 6) is 0.616. The smallest absolute Gasteiger partial charge is 0.220 e. The van der Waals surface area contributed by atoms with Gasteiger partial charge in [0.1, 0.15) is 12.4 Å². The van der Waals surface area contributed by atoms with Crippen molar-refractivity contribution in [2.75, 3.05) is 13.2 Å². The number of hydrogen-bond acceptors (Lipinski definition) is 3. The van der Waals surface area contributed by atoms with Crippen molar-refractivity contribution in [3.63, 3.8) is 0 Å². The lowest BCUT2D eigenvalue weighted by molar-refractivity contribution is 0.346. The summed E-state index contributed by atoms with van der Waals surface area (Å²) in [6.45, 7) is 1.21. The fraction of sp³-hybridized carbons (Fsp3) is 0.222. The molecule has 1 aliphatic heterocycles. The van der Waals surface area contributed by atoms with E-state index in [0.29, 0.717) is 29.6 Å². The lowest BCUT2D eigenvalue weighted by Crippen LogP contribution is -2.01. The average molecular weight is 198 g/mol. The van der Waals surface area contributed by atoms with E-state index in [1.807, 2.05) is 0 Å². The summed E-state index contributed by atoms with van der Waals surface area (Å²) in [6.07, 6.45) is 0. The lowest BCUT2D eigenvalue weighted by Gasteiger charge is -2.04. The van der Waals surface area contributed by atoms with Crippen molar-refractivity contribution in [2.45, 2.75) is 0 Å². The normalized spacial score (nSPS) is 15.3. The molecule has 0 spiro atoms. The molecule has 1 aliphatic rings. The van der Waals surface area contributed by atoms with Gasteiger partial charge in [-0.3, -0.25) is 0 Å². The maximum absolute atomic E-state index is 9.48. The molecule has 68 valence electrons. The van der Waals surface area contributed by atoms with Crippen molar-refractivity contribution in [1.82, 2.24) is 0 Å². The fourth-order valence-electron chi connectivity index (χ4n) is 1.18. The van der Waals surface area contributed by atoms with Crippen LogP contribution in [0.3, 0.4) is 0 Å². The monoisotopic (exact) mass is 197 g/mol. The van der Waals surface area contributed by atoms with Crippen LogP contribution in [0.2, 0.25) is 5.02 Å². The van der Waals surface area contributed by atoms with Crippen LogP contribution >= 0.6 is 11.6 Å². The first-order valence-electron chi connectivity index (χ1n) is 3.93. The van der Waals surface area contributed by atoms with Gasteiger partial charge in [0.05, 0.1) is 12.1 Å². The number of rotatable bonds is 1. The van der Waals surface area contributed by atoms with E-state index >= 15 is 0 Å². The number of aromatic hydroxyl groups is 1. The molecular formula is C9H8ClNO2. The predicted octanol–water partition coefficient (Wildman–Crippen LogP) is 1.82. The van der Waals surface area contributed by atoms with Crippen LogP contribution in [0, 0.1) is 0 Å². The Morgan fingerprint density at radius 3 is 3.00 bits per heavy atom. The quantitative estimate of drug-likeness (QED) is 0.746. The molecule has 0 fully saturated rings. The van der Waals surface area contributed by atoms with Crippen molar-refractivity contribution < 1.29 is 9.84 Å². The average Bonchev–Trinajstić information content (AvgIpc) is 2.61. The van der Waals surface area contributed by atoms with E-state index in [0.717, 1.165) is 0 Å². The SMILES string of the molecule is Oc1ccc(Cl)cc1C1=NCCO1. The molecule has 1 heterocycles. The van der Waals surface area contributed by atoms with Crippen LogP contribution in [0.15, 0.2) is 23.2 Å². The zero-order chi connectivity index (χ0) is 9.26. The Morgan fingerprint density at radius 1 is 1.46 bits per heavy atom. The molecule has 1 aromatic rings. The van der Waals surface area contributed by atoms with Gasteiger partial charge in [-0.2, -0.15) is 0 Å². The molecule has 0 unspecified atom stereocenters. The fourth-order valence-corrected chi connectivity index (χ4v) is 1.35. The predicted molar refractivity (Wildman–Crippen MR) is 50.5 cm³/mol. The molecule has 1 N–H and O–H groups in total. The van der Waals surface area contributed by atoms with Crippen molar-refractivity contribution in [1.29, 1.82) is 0 Å². The van der Waals surface area contributed by atoms with Crippen LogP contribution < -0.4 is 0 Å². The first-order valence-corrected chi connectivity index (χ1v) is 4.31. The molecule has 0 saturated heterocycles. The van der Waals surface area contributed by atoms with Crippen LogP contribution in [-0.2, 0) is 4.74 Å². The van der Waals surface area contributed by atoms with Crippen LogP contribution in [0.1, 0.15) is 5.56 Å². The molecule has 0 saturated carbocycles. The minimum atomic E-state index is 0.144. The van der Waals surface area contributed by atoms with Gasteiger partial charge in [-0.1, -0.05) is 11.6 Å². The van der Waals surface area contributed by atoms with Crippen molar-refractivity contribution in [2.24, 2.45) is 4.99 Å². The second-order valence-corrected chi connectivity index (χ2v) is 3.13. The highest BCUT2D eigenvalue weighted by Crippen LogP contribution is 2.23. The molecule has 0 amide bonds. The molecule has 0 aliphatic carbocycles. The second kappa shape index (κ2) is 3.26. The molecular weight excluding hydrogens is 190 g/mol. The topological polar surface area (TPSA) is 41.8 Å². The first-order chi connectivity index (χ1) is 6.27. The number of halogens is 1. The van der Waals surface area contributed by atoms with E-state index in [-0.39, 0.29) is 5.75 Å². The summed E-state index contributed by atoms with van der Waals surface area (Å²) >= 11 is 5.77. The zero-order valence-corrected chi connectivity index (χ0v) is 7.58. The van der Waals surface area contributed by atoms with Crippen LogP contribution in [0.25, 0.3) is 0 Å². The lowest BCUT2D eigenvalue weighted by atomic mass is 10.2. The van der Waals surface area contributed by atoms with Crippen LogP contribution in [0.4, 0.5) is 0 Å². The van der Waals surface area contributed by atoms with Gasteiger partial charge in [0.25, 0.3) is 0 Å². The number of benzene rings is 1. The summed E-state index contributed by atoms with van der Waals surface area (Å²) in [5.41, 5.74) is 0.560. The van der Waals surface area contributed by atoms with Crippen LogP contribution in [0.5, 0.6) is 5.75 Å². The van der Waals surface area contributed by atoms with E-state index in [9.17, 15) is 5.11 Å². The summed E-state index contributed by atoms with van der Waals surface area (Å²) in [4.78, 5) is 4.08. The third-order valence-electron chi connectivity index (χ3n) is 1.77. The number of phenols is 1. The number of ether oxygens (including phenoxy) is 1. The number of aliphatic imine (C=N–C) groups is 1. The molecule has 0 radical (unpaired) electrons. The Morgan fingerprint density at radius 2 is 2.31 bits per heavy atom. The molecule has 2 rings (SSSR count). The highest BCUT2D eigenvalue weighted by molar-refractivity contribution is 6.31. The number of phenolic OH excluding ortho intramolecular Hbond substituents is 1. The number of nitrogens with zero attached hydrogens (tertiary/aromatic N) is 1. The minimum Gasteiger partial charge on any atom is -0.507 e. The number of hydrogen-bond donors (Lipinski definition) is 1. The highest BCUT2D eigenvalue weighted by atomic mass is 35.5. The summed E-state index contributed by atoms with van der Waals surface area (Å²) in [5, 5.41) is 10.0. The third-order valence-corrected chi connectivity index (χ3v) is 2.01. The first kappa shape index (κ1) is 8.38. The zero-order valence-electron chi connectivity index (χ0n) is 6.83. The van der Waals surface area contributed by atoms with E-state index in [1.165, 1.54) is 6.07 Å². The summed E-state index contributed by atoms with van der Waals surface area (Å²) in [7, 11) is 0. The van der Waals surface area contributed by atoms with Gasteiger partial charge >= 0.3 is 0 Å². The Bertz CT molecular complexity index is 363. The van der Waals surface area contributed by atoms with Crippen molar-refractivity contribution >= 4 is 17.5 Å². The molecule has 13 heavy (non-hydrogen) atoms. The van der Waals surface area contributed by atoms with Crippen molar-refractivity contribution in [3.05, 3.63) is 28.8 Å². The third kappa shape index (κ3) is 1.60. The van der Waals surface area contributed by atoms with Gasteiger partial charge in [-0.15, -0.1) is 0 Å². The molecule has 1 aromatic carbocycles. The molecule has 0 aromatic heterocycles.